The molecule has 1 unspecified atom stereocenters. The molecule has 0 spiro atoms. The monoisotopic (exact) mass is 435 g/mol. The van der Waals surface area contributed by atoms with Crippen LogP contribution < -0.4 is 9.47 Å². The van der Waals surface area contributed by atoms with Gasteiger partial charge in [-0.2, -0.15) is 0 Å². The summed E-state index contributed by atoms with van der Waals surface area (Å²) in [5, 5.41) is 0. The first-order chi connectivity index (χ1) is 15.6. The van der Waals surface area contributed by atoms with Crippen molar-refractivity contribution >= 4 is 11.9 Å². The number of esters is 1. The fraction of sp³-hybridized carbons (Fsp3) is 0.280. The standard InChI is InChI=1S/C25H25NO6/c1-29-18-10-11-22(30-2)20(15-18)21-9-6-13-26(21)23(27)16-32-25(28)24-19(12-14-31-24)17-7-4-3-5-8-17/h3-5,7-8,10-12,14-15,21H,6,9,13,16H2,1-2H3. The molecule has 0 bridgehead atoms. The predicted molar refractivity (Wildman–Crippen MR) is 118 cm³/mol. The zero-order chi connectivity index (χ0) is 22.5. The lowest BCUT2D eigenvalue weighted by atomic mass is 10.0. The van der Waals surface area contributed by atoms with E-state index in [2.05, 4.69) is 0 Å². The summed E-state index contributed by atoms with van der Waals surface area (Å²) in [6.45, 7) is 0.216. The molecule has 1 atom stereocenters. The van der Waals surface area contributed by atoms with Gasteiger partial charge in [0, 0.05) is 17.7 Å². The van der Waals surface area contributed by atoms with Crippen molar-refractivity contribution in [3.63, 3.8) is 0 Å². The summed E-state index contributed by atoms with van der Waals surface area (Å²) in [6.07, 6.45) is 3.08. The third-order valence-corrected chi connectivity index (χ3v) is 5.63. The van der Waals surface area contributed by atoms with Gasteiger partial charge in [0.1, 0.15) is 11.5 Å². The van der Waals surface area contributed by atoms with Crippen molar-refractivity contribution in [2.75, 3.05) is 27.4 Å². The van der Waals surface area contributed by atoms with Crippen molar-refractivity contribution in [1.29, 1.82) is 0 Å². The van der Waals surface area contributed by atoms with Gasteiger partial charge < -0.3 is 23.5 Å². The van der Waals surface area contributed by atoms with Gasteiger partial charge in [-0.1, -0.05) is 30.3 Å². The second-order valence-corrected chi connectivity index (χ2v) is 7.46. The number of hydrogen-bond donors (Lipinski definition) is 0. The van der Waals surface area contributed by atoms with Gasteiger partial charge >= 0.3 is 5.97 Å². The van der Waals surface area contributed by atoms with Crippen molar-refractivity contribution in [2.45, 2.75) is 18.9 Å². The van der Waals surface area contributed by atoms with E-state index in [-0.39, 0.29) is 24.3 Å². The van der Waals surface area contributed by atoms with E-state index in [0.717, 1.165) is 24.0 Å². The lowest BCUT2D eigenvalue weighted by Gasteiger charge is -2.26. The van der Waals surface area contributed by atoms with Crippen molar-refractivity contribution in [3.8, 4) is 22.6 Å². The fourth-order valence-electron chi connectivity index (χ4n) is 4.08. The third-order valence-electron chi connectivity index (χ3n) is 5.63. The van der Waals surface area contributed by atoms with Gasteiger partial charge in [-0.15, -0.1) is 0 Å². The number of rotatable bonds is 7. The Morgan fingerprint density at radius 1 is 1.06 bits per heavy atom. The van der Waals surface area contributed by atoms with E-state index >= 15 is 0 Å². The minimum absolute atomic E-state index is 0.0800. The second kappa shape index (κ2) is 9.60. The summed E-state index contributed by atoms with van der Waals surface area (Å²) < 4.78 is 21.5. The van der Waals surface area contributed by atoms with Crippen molar-refractivity contribution in [3.05, 3.63) is 72.2 Å². The maximum absolute atomic E-state index is 13.0. The molecule has 4 rings (SSSR count). The first-order valence-corrected chi connectivity index (χ1v) is 10.4. The number of carbonyl (C=O) groups excluding carboxylic acids is 2. The molecule has 7 nitrogen and oxygen atoms in total. The molecule has 32 heavy (non-hydrogen) atoms. The number of likely N-dealkylation sites (tertiary alicyclic amines) is 1. The molecule has 0 aliphatic carbocycles. The molecule has 0 saturated carbocycles. The van der Waals surface area contributed by atoms with Crippen LogP contribution in [0.3, 0.4) is 0 Å². The zero-order valence-electron chi connectivity index (χ0n) is 18.1. The highest BCUT2D eigenvalue weighted by molar-refractivity contribution is 5.95. The number of amides is 1. The van der Waals surface area contributed by atoms with Gasteiger partial charge in [0.25, 0.3) is 5.91 Å². The number of furan rings is 1. The zero-order valence-corrected chi connectivity index (χ0v) is 18.1. The second-order valence-electron chi connectivity index (χ2n) is 7.46. The van der Waals surface area contributed by atoms with Crippen LogP contribution in [0.25, 0.3) is 11.1 Å². The summed E-state index contributed by atoms with van der Waals surface area (Å²) in [5.41, 5.74) is 2.34. The van der Waals surface area contributed by atoms with E-state index in [1.807, 2.05) is 48.5 Å². The fourth-order valence-corrected chi connectivity index (χ4v) is 4.08. The molecular weight excluding hydrogens is 410 g/mol. The summed E-state index contributed by atoms with van der Waals surface area (Å²) in [4.78, 5) is 27.3. The molecule has 1 saturated heterocycles. The van der Waals surface area contributed by atoms with Crippen LogP contribution in [0.4, 0.5) is 0 Å². The largest absolute Gasteiger partial charge is 0.497 e. The molecule has 2 heterocycles. The summed E-state index contributed by atoms with van der Waals surface area (Å²) in [5.74, 6) is 0.528. The van der Waals surface area contributed by atoms with Crippen LogP contribution in [0.5, 0.6) is 11.5 Å². The molecule has 1 aliphatic heterocycles. The van der Waals surface area contributed by atoms with Crippen molar-refractivity contribution < 1.29 is 28.2 Å². The number of ether oxygens (including phenoxy) is 3. The highest BCUT2D eigenvalue weighted by Gasteiger charge is 2.33. The Morgan fingerprint density at radius 3 is 2.62 bits per heavy atom. The van der Waals surface area contributed by atoms with Crippen molar-refractivity contribution in [2.24, 2.45) is 0 Å². The van der Waals surface area contributed by atoms with E-state index in [4.69, 9.17) is 18.6 Å². The minimum Gasteiger partial charge on any atom is -0.497 e. The Bertz CT molecular complexity index is 1090. The van der Waals surface area contributed by atoms with Crippen molar-refractivity contribution in [1.82, 2.24) is 4.90 Å². The van der Waals surface area contributed by atoms with E-state index in [9.17, 15) is 9.59 Å². The third kappa shape index (κ3) is 4.32. The van der Waals surface area contributed by atoms with Crippen LogP contribution >= 0.6 is 0 Å². The molecule has 0 N–H and O–H groups in total. The topological polar surface area (TPSA) is 78.2 Å². The predicted octanol–water partition coefficient (Wildman–Crippen LogP) is 4.48. The Balaban J connectivity index is 1.46. The molecule has 3 aromatic rings. The number of carbonyl (C=O) groups is 2. The van der Waals surface area contributed by atoms with Crippen LogP contribution in [0.1, 0.15) is 35.0 Å². The number of methoxy groups -OCH3 is 2. The molecule has 1 aromatic heterocycles. The summed E-state index contributed by atoms with van der Waals surface area (Å²) >= 11 is 0. The Morgan fingerprint density at radius 2 is 1.88 bits per heavy atom. The average Bonchev–Trinajstić information content (AvgIpc) is 3.52. The van der Waals surface area contributed by atoms with Crippen LogP contribution in [0, 0.1) is 0 Å². The van der Waals surface area contributed by atoms with E-state index < -0.39 is 5.97 Å². The van der Waals surface area contributed by atoms with Crippen LogP contribution in [0.15, 0.2) is 65.3 Å². The smallest absolute Gasteiger partial charge is 0.375 e. The molecule has 1 fully saturated rings. The Hall–Kier alpha value is -3.74. The lowest BCUT2D eigenvalue weighted by Crippen LogP contribution is -2.34. The van der Waals surface area contributed by atoms with E-state index in [0.29, 0.717) is 23.6 Å². The minimum atomic E-state index is -0.670. The summed E-state index contributed by atoms with van der Waals surface area (Å²) in [6, 6.07) is 16.5. The molecule has 166 valence electrons. The van der Waals surface area contributed by atoms with E-state index in [1.54, 1.807) is 25.2 Å². The molecule has 1 aliphatic rings. The Labute approximate surface area is 186 Å². The number of hydrogen-bond acceptors (Lipinski definition) is 6. The van der Waals surface area contributed by atoms with Gasteiger partial charge in [0.05, 0.1) is 26.5 Å². The normalized spacial score (nSPS) is 15.4. The van der Waals surface area contributed by atoms with Crippen LogP contribution in [0.2, 0.25) is 0 Å². The average molecular weight is 435 g/mol. The lowest BCUT2D eigenvalue weighted by molar-refractivity contribution is -0.135. The molecular formula is C25H25NO6. The first kappa shape index (κ1) is 21.5. The van der Waals surface area contributed by atoms with Gasteiger partial charge in [-0.05, 0) is 42.7 Å². The number of benzene rings is 2. The molecule has 2 aromatic carbocycles. The maximum Gasteiger partial charge on any atom is 0.375 e. The SMILES string of the molecule is COc1ccc(OC)c(C2CCCN2C(=O)COC(=O)c2occc2-c2ccccc2)c1. The van der Waals surface area contributed by atoms with E-state index in [1.165, 1.54) is 6.26 Å². The number of nitrogens with zero attached hydrogens (tertiary/aromatic N) is 1. The Kier molecular flexibility index (Phi) is 6.44. The van der Waals surface area contributed by atoms with Gasteiger partial charge in [-0.3, -0.25) is 4.79 Å². The van der Waals surface area contributed by atoms with Gasteiger partial charge in [0.2, 0.25) is 5.76 Å². The quantitative estimate of drug-likeness (QED) is 0.509. The highest BCUT2D eigenvalue weighted by atomic mass is 16.5. The van der Waals surface area contributed by atoms with Gasteiger partial charge in [0.15, 0.2) is 6.61 Å². The summed E-state index contributed by atoms with van der Waals surface area (Å²) in [7, 11) is 3.20. The molecule has 7 heteroatoms. The maximum atomic E-state index is 13.0. The molecule has 0 radical (unpaired) electrons. The molecule has 1 amide bonds. The van der Waals surface area contributed by atoms with Crippen LogP contribution in [-0.2, 0) is 9.53 Å². The highest BCUT2D eigenvalue weighted by Crippen LogP contribution is 2.39. The van der Waals surface area contributed by atoms with Crippen LogP contribution in [-0.4, -0.2) is 44.1 Å². The first-order valence-electron chi connectivity index (χ1n) is 10.4. The van der Waals surface area contributed by atoms with Gasteiger partial charge in [-0.25, -0.2) is 4.79 Å².